The lowest BCUT2D eigenvalue weighted by Gasteiger charge is -2.32. The summed E-state index contributed by atoms with van der Waals surface area (Å²) in [4.78, 5) is 10.7. The second-order valence-corrected chi connectivity index (χ2v) is 7.29. The summed E-state index contributed by atoms with van der Waals surface area (Å²) in [6, 6.07) is 14.0. The lowest BCUT2D eigenvalue weighted by atomic mass is 9.97. The minimum Gasteiger partial charge on any atom is -0.342 e. The Kier molecular flexibility index (Phi) is 4.49. The van der Waals surface area contributed by atoms with Gasteiger partial charge < -0.3 is 4.98 Å². The predicted octanol–water partition coefficient (Wildman–Crippen LogP) is 5.25. The summed E-state index contributed by atoms with van der Waals surface area (Å²) in [5.74, 6) is 1.54. The number of H-pyrrole nitrogens is 1. The summed E-state index contributed by atoms with van der Waals surface area (Å²) in [5.41, 5.74) is 3.29. The van der Waals surface area contributed by atoms with Crippen LogP contribution in [0.25, 0.3) is 11.0 Å². The first-order valence-electron chi connectivity index (χ1n) is 8.30. The number of hydrogen-bond donors (Lipinski definition) is 1. The first kappa shape index (κ1) is 15.9. The number of likely N-dealkylation sites (tertiary alicyclic amines) is 1. The zero-order chi connectivity index (χ0) is 16.5. The number of hydrogen-bond acceptors (Lipinski definition) is 2. The third-order valence-electron chi connectivity index (χ3n) is 4.71. The summed E-state index contributed by atoms with van der Waals surface area (Å²) in [5, 5.41) is 1.43. The predicted molar refractivity (Wildman–Crippen MR) is 99.8 cm³/mol. The molecule has 24 heavy (non-hydrogen) atoms. The minimum atomic E-state index is 0.442. The van der Waals surface area contributed by atoms with Crippen molar-refractivity contribution >= 4 is 34.2 Å². The number of imidazole rings is 1. The summed E-state index contributed by atoms with van der Waals surface area (Å²) in [6.45, 7) is 2.95. The van der Waals surface area contributed by atoms with Crippen LogP contribution in [-0.2, 0) is 6.54 Å². The van der Waals surface area contributed by atoms with Gasteiger partial charge in [0, 0.05) is 29.1 Å². The number of benzene rings is 2. The standard InChI is InChI=1S/C19H19Cl2N3/c20-15-8-7-13(16(21)10-15)11-24-9-3-4-14(12-24)19-22-17-5-1-2-6-18(17)23-19/h1-2,5-8,10,14H,3-4,9,11-12H2,(H,22,23). The van der Waals surface area contributed by atoms with Crippen LogP contribution in [0.5, 0.6) is 0 Å². The molecule has 5 heteroatoms. The highest BCUT2D eigenvalue weighted by atomic mass is 35.5. The van der Waals surface area contributed by atoms with Crippen LogP contribution < -0.4 is 0 Å². The van der Waals surface area contributed by atoms with Crippen LogP contribution in [0.2, 0.25) is 10.0 Å². The van der Waals surface area contributed by atoms with Gasteiger partial charge in [0.25, 0.3) is 0 Å². The normalized spacial score (nSPS) is 19.0. The molecule has 3 nitrogen and oxygen atoms in total. The smallest absolute Gasteiger partial charge is 0.111 e. The van der Waals surface area contributed by atoms with E-state index in [4.69, 9.17) is 28.2 Å². The molecule has 1 N–H and O–H groups in total. The molecule has 1 aromatic heterocycles. The van der Waals surface area contributed by atoms with Crippen molar-refractivity contribution in [3.63, 3.8) is 0 Å². The zero-order valence-electron chi connectivity index (χ0n) is 13.3. The Morgan fingerprint density at radius 2 is 2.04 bits per heavy atom. The third-order valence-corrected chi connectivity index (χ3v) is 5.30. The van der Waals surface area contributed by atoms with Gasteiger partial charge >= 0.3 is 0 Å². The van der Waals surface area contributed by atoms with Crippen LogP contribution in [0, 0.1) is 0 Å². The second kappa shape index (κ2) is 6.75. The van der Waals surface area contributed by atoms with Crippen LogP contribution in [-0.4, -0.2) is 28.0 Å². The Morgan fingerprint density at radius 1 is 1.17 bits per heavy atom. The lowest BCUT2D eigenvalue weighted by Crippen LogP contribution is -2.34. The Hall–Kier alpha value is -1.55. The van der Waals surface area contributed by atoms with Crippen LogP contribution in [0.4, 0.5) is 0 Å². The third kappa shape index (κ3) is 3.30. The molecule has 1 fully saturated rings. The van der Waals surface area contributed by atoms with Crippen molar-refractivity contribution in [2.45, 2.75) is 25.3 Å². The fourth-order valence-electron chi connectivity index (χ4n) is 3.48. The molecule has 0 radical (unpaired) electrons. The summed E-state index contributed by atoms with van der Waals surface area (Å²) < 4.78 is 0. The number of aromatic nitrogens is 2. The van der Waals surface area contributed by atoms with Crippen molar-refractivity contribution in [3.8, 4) is 0 Å². The highest BCUT2D eigenvalue weighted by Gasteiger charge is 2.24. The molecular weight excluding hydrogens is 341 g/mol. The molecule has 0 saturated carbocycles. The molecule has 0 bridgehead atoms. The number of fused-ring (bicyclic) bond motifs is 1. The SMILES string of the molecule is Clc1ccc(CN2CCCC(c3nc4ccccc4[nH]3)C2)c(Cl)c1. The first-order valence-corrected chi connectivity index (χ1v) is 9.05. The molecule has 3 aromatic rings. The van der Waals surface area contributed by atoms with E-state index in [1.54, 1.807) is 0 Å². The molecule has 1 aliphatic rings. The van der Waals surface area contributed by atoms with Crippen LogP contribution in [0.1, 0.15) is 30.1 Å². The van der Waals surface area contributed by atoms with E-state index in [0.717, 1.165) is 47.1 Å². The Balaban J connectivity index is 1.51. The van der Waals surface area contributed by atoms with E-state index in [9.17, 15) is 0 Å². The Bertz CT molecular complexity index is 826. The van der Waals surface area contributed by atoms with Crippen molar-refractivity contribution in [2.24, 2.45) is 0 Å². The van der Waals surface area contributed by atoms with Crippen LogP contribution in [0.15, 0.2) is 42.5 Å². The summed E-state index contributed by atoms with van der Waals surface area (Å²) in [7, 11) is 0. The first-order chi connectivity index (χ1) is 11.7. The zero-order valence-corrected chi connectivity index (χ0v) is 14.8. The average molecular weight is 360 g/mol. The van der Waals surface area contributed by atoms with Crippen molar-refractivity contribution in [1.82, 2.24) is 14.9 Å². The van der Waals surface area contributed by atoms with Crippen LogP contribution in [0.3, 0.4) is 0 Å². The summed E-state index contributed by atoms with van der Waals surface area (Å²) in [6.07, 6.45) is 2.34. The highest BCUT2D eigenvalue weighted by Crippen LogP contribution is 2.29. The number of halogens is 2. The fraction of sp³-hybridized carbons (Fsp3) is 0.316. The van der Waals surface area contributed by atoms with Gasteiger partial charge in [-0.15, -0.1) is 0 Å². The van der Waals surface area contributed by atoms with Crippen molar-refractivity contribution < 1.29 is 0 Å². The van der Waals surface area contributed by atoms with Gasteiger partial charge in [-0.3, -0.25) is 4.90 Å². The van der Waals surface area contributed by atoms with Gasteiger partial charge in [-0.05, 0) is 49.2 Å². The van der Waals surface area contributed by atoms with Crippen molar-refractivity contribution in [2.75, 3.05) is 13.1 Å². The van der Waals surface area contributed by atoms with E-state index < -0.39 is 0 Å². The van der Waals surface area contributed by atoms with E-state index in [-0.39, 0.29) is 0 Å². The number of rotatable bonds is 3. The number of piperidine rings is 1. The molecule has 0 amide bonds. The molecule has 1 saturated heterocycles. The van der Waals surface area contributed by atoms with E-state index >= 15 is 0 Å². The molecule has 1 atom stereocenters. The largest absolute Gasteiger partial charge is 0.342 e. The number of nitrogens with zero attached hydrogens (tertiary/aromatic N) is 2. The molecule has 1 unspecified atom stereocenters. The maximum Gasteiger partial charge on any atom is 0.111 e. The maximum atomic E-state index is 6.33. The summed E-state index contributed by atoms with van der Waals surface area (Å²) >= 11 is 12.3. The molecule has 124 valence electrons. The van der Waals surface area contributed by atoms with Crippen molar-refractivity contribution in [1.29, 1.82) is 0 Å². The highest BCUT2D eigenvalue weighted by molar-refractivity contribution is 6.35. The molecule has 1 aliphatic heterocycles. The van der Waals surface area contributed by atoms with E-state index in [1.807, 2.05) is 30.3 Å². The molecule has 0 aliphatic carbocycles. The molecule has 2 heterocycles. The van der Waals surface area contributed by atoms with Crippen molar-refractivity contribution in [3.05, 3.63) is 63.9 Å². The van der Waals surface area contributed by atoms with Gasteiger partial charge in [0.15, 0.2) is 0 Å². The lowest BCUT2D eigenvalue weighted by molar-refractivity contribution is 0.197. The quantitative estimate of drug-likeness (QED) is 0.692. The molecule has 4 rings (SSSR count). The molecular formula is C19H19Cl2N3. The fourth-order valence-corrected chi connectivity index (χ4v) is 3.95. The average Bonchev–Trinajstić information content (AvgIpc) is 3.02. The second-order valence-electron chi connectivity index (χ2n) is 6.45. The van der Waals surface area contributed by atoms with Gasteiger partial charge in [0.1, 0.15) is 5.82 Å². The van der Waals surface area contributed by atoms with E-state index in [2.05, 4.69) is 22.0 Å². The van der Waals surface area contributed by atoms with Gasteiger partial charge in [-0.25, -0.2) is 4.98 Å². The van der Waals surface area contributed by atoms with Gasteiger partial charge in [-0.2, -0.15) is 0 Å². The molecule has 2 aromatic carbocycles. The van der Waals surface area contributed by atoms with Gasteiger partial charge in [-0.1, -0.05) is 41.4 Å². The number of nitrogens with one attached hydrogen (secondary N) is 1. The van der Waals surface area contributed by atoms with Gasteiger partial charge in [0.2, 0.25) is 0 Å². The maximum absolute atomic E-state index is 6.33. The Labute approximate surface area is 151 Å². The molecule has 0 spiro atoms. The number of para-hydroxylation sites is 2. The van der Waals surface area contributed by atoms with E-state index in [0.29, 0.717) is 10.9 Å². The Morgan fingerprint density at radius 3 is 2.88 bits per heavy atom. The topological polar surface area (TPSA) is 31.9 Å². The monoisotopic (exact) mass is 359 g/mol. The van der Waals surface area contributed by atoms with Gasteiger partial charge in [0.05, 0.1) is 11.0 Å². The van der Waals surface area contributed by atoms with Crippen LogP contribution >= 0.6 is 23.2 Å². The van der Waals surface area contributed by atoms with E-state index in [1.165, 1.54) is 12.8 Å². The number of aromatic amines is 1. The minimum absolute atomic E-state index is 0.442.